The van der Waals surface area contributed by atoms with Crippen molar-refractivity contribution in [2.75, 3.05) is 0 Å². The number of hydrogen-bond acceptors (Lipinski definition) is 4. The molecular weight excluding hydrogens is 375 g/mol. The predicted molar refractivity (Wildman–Crippen MR) is 95.1 cm³/mol. The zero-order chi connectivity index (χ0) is 19.9. The highest BCUT2D eigenvalue weighted by atomic mass is 19.4. The van der Waals surface area contributed by atoms with Crippen LogP contribution in [0.25, 0.3) is 21.9 Å². The number of esters is 1. The molecule has 8 heteroatoms. The summed E-state index contributed by atoms with van der Waals surface area (Å²) in [5.41, 5.74) is -1.36. The molecule has 142 valence electrons. The van der Waals surface area contributed by atoms with Gasteiger partial charge in [-0.1, -0.05) is 18.2 Å². The largest absolute Gasteiger partial charge is 0.456 e. The minimum Gasteiger partial charge on any atom is -0.456 e. The van der Waals surface area contributed by atoms with Crippen LogP contribution in [0.2, 0.25) is 0 Å². The monoisotopic (exact) mass is 387 g/mol. The van der Waals surface area contributed by atoms with Gasteiger partial charge in [0.1, 0.15) is 29.0 Å². The number of aromatic nitrogens is 1. The molecule has 2 heterocycles. The van der Waals surface area contributed by atoms with Crippen LogP contribution in [0, 0.1) is 0 Å². The Labute approximate surface area is 155 Å². The van der Waals surface area contributed by atoms with Gasteiger partial charge in [-0.05, 0) is 36.4 Å². The molecule has 0 spiro atoms. The highest BCUT2D eigenvalue weighted by Crippen LogP contribution is 2.31. The van der Waals surface area contributed by atoms with Crippen molar-refractivity contribution in [2.24, 2.45) is 0 Å². The number of pyridine rings is 1. The van der Waals surface area contributed by atoms with E-state index >= 15 is 0 Å². The second-order valence-electron chi connectivity index (χ2n) is 6.08. The van der Waals surface area contributed by atoms with Gasteiger partial charge in [0.05, 0.1) is 0 Å². The zero-order valence-electron chi connectivity index (χ0n) is 14.2. The molecule has 28 heavy (non-hydrogen) atoms. The highest BCUT2D eigenvalue weighted by Gasteiger charge is 2.34. The Morgan fingerprint density at radius 3 is 2.54 bits per heavy atom. The van der Waals surface area contributed by atoms with Crippen LogP contribution in [0.15, 0.2) is 70.0 Å². The lowest BCUT2D eigenvalue weighted by Crippen LogP contribution is -2.31. The van der Waals surface area contributed by atoms with Gasteiger partial charge in [-0.3, -0.25) is 4.79 Å². The Bertz CT molecular complexity index is 1250. The van der Waals surface area contributed by atoms with Crippen LogP contribution < -0.4 is 10.3 Å². The summed E-state index contributed by atoms with van der Waals surface area (Å²) in [5, 5.41) is 1.57. The van der Waals surface area contributed by atoms with Crippen LogP contribution in [0.5, 0.6) is 5.75 Å². The number of furan rings is 1. The number of carbonyl (C=O) groups is 1. The first-order chi connectivity index (χ1) is 13.3. The van der Waals surface area contributed by atoms with E-state index in [2.05, 4.69) is 0 Å². The maximum absolute atomic E-state index is 12.8. The molecule has 0 aliphatic rings. The van der Waals surface area contributed by atoms with E-state index < -0.39 is 29.8 Å². The summed E-state index contributed by atoms with van der Waals surface area (Å²) < 4.78 is 50.0. The van der Waals surface area contributed by atoms with Crippen molar-refractivity contribution >= 4 is 27.9 Å². The van der Waals surface area contributed by atoms with Gasteiger partial charge in [0.15, 0.2) is 0 Å². The van der Waals surface area contributed by atoms with Crippen LogP contribution in [-0.2, 0) is 17.5 Å². The molecule has 0 unspecified atom stereocenters. The molecule has 0 amide bonds. The minimum absolute atomic E-state index is 0.198. The summed E-state index contributed by atoms with van der Waals surface area (Å²) in [6.45, 7) is -0.646. The van der Waals surface area contributed by atoms with E-state index in [0.717, 1.165) is 23.0 Å². The number of fused-ring (bicyclic) bond motifs is 3. The quantitative estimate of drug-likeness (QED) is 0.387. The molecule has 2 aromatic heterocycles. The average molecular weight is 387 g/mol. The summed E-state index contributed by atoms with van der Waals surface area (Å²) in [6.07, 6.45) is -3.69. The Balaban J connectivity index is 1.59. The lowest BCUT2D eigenvalue weighted by Gasteiger charge is -2.10. The molecular formula is C20H12F3NO4. The number of carbonyl (C=O) groups excluding carboxylic acids is 1. The van der Waals surface area contributed by atoms with E-state index in [1.165, 1.54) is 6.07 Å². The van der Waals surface area contributed by atoms with E-state index in [1.807, 2.05) is 18.2 Å². The van der Waals surface area contributed by atoms with Crippen LogP contribution >= 0.6 is 0 Å². The van der Waals surface area contributed by atoms with E-state index in [-0.39, 0.29) is 5.75 Å². The van der Waals surface area contributed by atoms with Crippen molar-refractivity contribution in [1.29, 1.82) is 0 Å². The predicted octanol–water partition coefficient (Wildman–Crippen LogP) is 4.37. The number of halogens is 3. The van der Waals surface area contributed by atoms with Gasteiger partial charge in [-0.2, -0.15) is 13.2 Å². The topological polar surface area (TPSA) is 61.4 Å². The molecule has 0 aliphatic carbocycles. The zero-order valence-corrected chi connectivity index (χ0v) is 14.2. The van der Waals surface area contributed by atoms with Gasteiger partial charge in [0, 0.05) is 17.0 Å². The first kappa shape index (κ1) is 17.8. The normalized spacial score (nSPS) is 11.8. The number of nitrogens with zero attached hydrogens (tertiary/aromatic N) is 1. The Morgan fingerprint density at radius 1 is 1.00 bits per heavy atom. The van der Waals surface area contributed by atoms with E-state index in [4.69, 9.17) is 9.15 Å². The van der Waals surface area contributed by atoms with Gasteiger partial charge in [-0.25, -0.2) is 4.79 Å². The summed E-state index contributed by atoms with van der Waals surface area (Å²) >= 11 is 0. The van der Waals surface area contributed by atoms with Crippen LogP contribution in [-0.4, -0.2) is 10.5 Å². The van der Waals surface area contributed by atoms with E-state index in [1.54, 1.807) is 18.2 Å². The third-order valence-electron chi connectivity index (χ3n) is 4.20. The summed E-state index contributed by atoms with van der Waals surface area (Å²) in [7, 11) is 0. The number of hydrogen-bond donors (Lipinski definition) is 0. The Kier molecular flexibility index (Phi) is 4.18. The van der Waals surface area contributed by atoms with Crippen molar-refractivity contribution in [3.63, 3.8) is 0 Å². The second-order valence-corrected chi connectivity index (χ2v) is 6.08. The fourth-order valence-electron chi connectivity index (χ4n) is 2.95. The second kappa shape index (κ2) is 6.56. The van der Waals surface area contributed by atoms with Gasteiger partial charge in [0.2, 0.25) is 0 Å². The Morgan fingerprint density at radius 2 is 1.75 bits per heavy atom. The number of para-hydroxylation sites is 1. The lowest BCUT2D eigenvalue weighted by molar-refractivity contribution is -0.140. The summed E-state index contributed by atoms with van der Waals surface area (Å²) in [5.74, 6) is -0.669. The highest BCUT2D eigenvalue weighted by molar-refractivity contribution is 6.05. The molecule has 0 radical (unpaired) electrons. The van der Waals surface area contributed by atoms with Crippen molar-refractivity contribution in [3.05, 3.63) is 76.7 Å². The number of ether oxygens (including phenoxy) is 1. The minimum atomic E-state index is -4.79. The van der Waals surface area contributed by atoms with Crippen molar-refractivity contribution in [2.45, 2.75) is 12.7 Å². The van der Waals surface area contributed by atoms with Crippen molar-refractivity contribution in [1.82, 2.24) is 4.57 Å². The van der Waals surface area contributed by atoms with Gasteiger partial charge >= 0.3 is 12.1 Å². The molecule has 0 saturated carbocycles. The number of rotatable bonds is 3. The average Bonchev–Trinajstić information content (AvgIpc) is 3.00. The smallest absolute Gasteiger partial charge is 0.421 e. The molecule has 4 aromatic rings. The van der Waals surface area contributed by atoms with Crippen LogP contribution in [0.1, 0.15) is 5.56 Å². The summed E-state index contributed by atoms with van der Waals surface area (Å²) in [4.78, 5) is 24.1. The molecule has 0 atom stereocenters. The number of benzene rings is 2. The molecule has 0 saturated heterocycles. The van der Waals surface area contributed by atoms with E-state index in [0.29, 0.717) is 21.8 Å². The Hall–Kier alpha value is -3.55. The standard InChI is InChI=1S/C20H12F3NO4/c21-20(22,23)15-5-3-9-24(19(15)26)11-18(25)27-12-7-8-17-14(10-12)13-4-1-2-6-16(13)28-17/h1-10H,11H2. The number of alkyl halides is 3. The lowest BCUT2D eigenvalue weighted by atomic mass is 10.1. The maximum atomic E-state index is 12.8. The molecule has 0 bridgehead atoms. The fraction of sp³-hybridized carbons (Fsp3) is 0.100. The van der Waals surface area contributed by atoms with Gasteiger partial charge in [-0.15, -0.1) is 0 Å². The third-order valence-corrected chi connectivity index (χ3v) is 4.20. The first-order valence-corrected chi connectivity index (χ1v) is 8.21. The van der Waals surface area contributed by atoms with E-state index in [9.17, 15) is 22.8 Å². The molecule has 5 nitrogen and oxygen atoms in total. The van der Waals surface area contributed by atoms with Crippen molar-refractivity contribution < 1.29 is 27.1 Å². The van der Waals surface area contributed by atoms with Crippen LogP contribution in [0.4, 0.5) is 13.2 Å². The van der Waals surface area contributed by atoms with Gasteiger partial charge < -0.3 is 13.7 Å². The van der Waals surface area contributed by atoms with Crippen LogP contribution in [0.3, 0.4) is 0 Å². The molecule has 0 fully saturated rings. The molecule has 4 rings (SSSR count). The molecule has 0 aliphatic heterocycles. The molecule has 2 aromatic carbocycles. The first-order valence-electron chi connectivity index (χ1n) is 8.21. The third kappa shape index (κ3) is 3.24. The van der Waals surface area contributed by atoms with Gasteiger partial charge in [0.25, 0.3) is 5.56 Å². The van der Waals surface area contributed by atoms with Crippen molar-refractivity contribution in [3.8, 4) is 5.75 Å². The summed E-state index contributed by atoms with van der Waals surface area (Å²) in [6, 6.07) is 13.8. The fourth-order valence-corrected chi connectivity index (χ4v) is 2.95. The molecule has 0 N–H and O–H groups in total. The maximum Gasteiger partial charge on any atom is 0.421 e. The SMILES string of the molecule is O=C(Cn1cccc(C(F)(F)F)c1=O)Oc1ccc2oc3ccccc3c2c1.